The molecule has 0 atom stereocenters. The molecule has 2 aromatic rings. The van der Waals surface area contributed by atoms with Crippen molar-refractivity contribution in [2.45, 2.75) is 0 Å². The predicted molar refractivity (Wildman–Crippen MR) is 97.5 cm³/mol. The molecule has 2 aromatic carbocycles. The zero-order valence-electron chi connectivity index (χ0n) is 11.2. The molecule has 0 radical (unpaired) electrons. The Morgan fingerprint density at radius 2 is 1.62 bits per heavy atom. The Hall–Kier alpha value is -0.600. The van der Waals surface area contributed by atoms with Gasteiger partial charge in [-0.1, -0.05) is 15.9 Å². The average Bonchev–Trinajstić information content (AvgIpc) is 2.48. The third-order valence-electron chi connectivity index (χ3n) is 2.89. The molecule has 0 aliphatic rings. The Bertz CT molecular complexity index is 702. The summed E-state index contributed by atoms with van der Waals surface area (Å²) in [4.78, 5) is 12.8. The van der Waals surface area contributed by atoms with E-state index in [9.17, 15) is 4.79 Å². The van der Waals surface area contributed by atoms with Gasteiger partial charge in [0, 0.05) is 23.6 Å². The highest BCUT2D eigenvalue weighted by molar-refractivity contribution is 14.1. The Kier molecular flexibility index (Phi) is 5.67. The molecule has 0 saturated heterocycles. The van der Waals surface area contributed by atoms with E-state index < -0.39 is 0 Å². The molecule has 0 N–H and O–H groups in total. The number of carbonyl (C=O) groups is 1. The normalized spacial score (nSPS) is 10.3. The molecular formula is C15H11Br2IO3. The fourth-order valence-corrected chi connectivity index (χ4v) is 3.29. The van der Waals surface area contributed by atoms with Crippen LogP contribution >= 0.6 is 54.5 Å². The number of ether oxygens (including phenoxy) is 2. The van der Waals surface area contributed by atoms with Crippen LogP contribution < -0.4 is 9.47 Å². The number of benzene rings is 2. The van der Waals surface area contributed by atoms with Gasteiger partial charge in [-0.3, -0.25) is 4.79 Å². The van der Waals surface area contributed by atoms with Gasteiger partial charge in [0.15, 0.2) is 17.3 Å². The van der Waals surface area contributed by atoms with Crippen LogP contribution in [0, 0.1) is 3.57 Å². The molecule has 3 nitrogen and oxygen atoms in total. The quantitative estimate of drug-likeness (QED) is 0.413. The van der Waals surface area contributed by atoms with Crippen LogP contribution in [0.1, 0.15) is 15.9 Å². The second kappa shape index (κ2) is 7.11. The van der Waals surface area contributed by atoms with Gasteiger partial charge in [0.05, 0.1) is 14.2 Å². The molecule has 0 aliphatic heterocycles. The number of hydrogen-bond donors (Lipinski definition) is 0. The highest BCUT2D eigenvalue weighted by Gasteiger charge is 2.19. The van der Waals surface area contributed by atoms with E-state index in [1.807, 2.05) is 18.2 Å². The maximum Gasteiger partial charge on any atom is 0.195 e. The van der Waals surface area contributed by atoms with Crippen LogP contribution in [-0.4, -0.2) is 20.0 Å². The van der Waals surface area contributed by atoms with E-state index >= 15 is 0 Å². The zero-order valence-corrected chi connectivity index (χ0v) is 16.6. The van der Waals surface area contributed by atoms with Crippen molar-refractivity contribution in [3.8, 4) is 11.5 Å². The van der Waals surface area contributed by atoms with Gasteiger partial charge in [0.2, 0.25) is 0 Å². The van der Waals surface area contributed by atoms with E-state index in [1.165, 1.54) is 0 Å². The van der Waals surface area contributed by atoms with Gasteiger partial charge in [0.25, 0.3) is 0 Å². The number of hydrogen-bond acceptors (Lipinski definition) is 3. The van der Waals surface area contributed by atoms with Crippen molar-refractivity contribution < 1.29 is 14.3 Å². The Morgan fingerprint density at radius 3 is 2.24 bits per heavy atom. The summed E-state index contributed by atoms with van der Waals surface area (Å²) >= 11 is 8.97. The molecule has 0 bridgehead atoms. The van der Waals surface area contributed by atoms with Gasteiger partial charge in [-0.15, -0.1) is 0 Å². The van der Waals surface area contributed by atoms with Gasteiger partial charge in [0.1, 0.15) is 0 Å². The van der Waals surface area contributed by atoms with Crippen molar-refractivity contribution in [1.29, 1.82) is 0 Å². The fraction of sp³-hybridized carbons (Fsp3) is 0.133. The van der Waals surface area contributed by atoms with E-state index in [4.69, 9.17) is 9.47 Å². The first-order valence-electron chi connectivity index (χ1n) is 5.89. The molecule has 0 heterocycles. The minimum absolute atomic E-state index is 0.0754. The van der Waals surface area contributed by atoms with Gasteiger partial charge in [-0.2, -0.15) is 0 Å². The van der Waals surface area contributed by atoms with Crippen molar-refractivity contribution in [3.63, 3.8) is 0 Å². The molecular weight excluding hydrogens is 515 g/mol. The van der Waals surface area contributed by atoms with E-state index in [0.717, 1.165) is 8.04 Å². The van der Waals surface area contributed by atoms with E-state index in [0.29, 0.717) is 27.1 Å². The second-order valence-electron chi connectivity index (χ2n) is 4.14. The summed E-state index contributed by atoms with van der Waals surface area (Å²) in [6.07, 6.45) is 0. The molecule has 0 amide bonds. The van der Waals surface area contributed by atoms with Crippen LogP contribution in [0.4, 0.5) is 0 Å². The number of carbonyl (C=O) groups excluding carboxylic acids is 1. The van der Waals surface area contributed by atoms with Crippen molar-refractivity contribution in [2.75, 3.05) is 14.2 Å². The molecule has 0 aromatic heterocycles. The lowest BCUT2D eigenvalue weighted by Crippen LogP contribution is -2.06. The Labute approximate surface area is 153 Å². The number of ketones is 1. The maximum absolute atomic E-state index is 12.8. The fourth-order valence-electron chi connectivity index (χ4n) is 1.84. The summed E-state index contributed by atoms with van der Waals surface area (Å²) in [6.45, 7) is 0. The van der Waals surface area contributed by atoms with E-state index in [1.54, 1.807) is 26.4 Å². The van der Waals surface area contributed by atoms with Crippen LogP contribution in [0.25, 0.3) is 0 Å². The first-order valence-corrected chi connectivity index (χ1v) is 8.55. The highest BCUT2D eigenvalue weighted by atomic mass is 127. The third kappa shape index (κ3) is 3.60. The summed E-state index contributed by atoms with van der Waals surface area (Å²) in [7, 11) is 3.10. The summed E-state index contributed by atoms with van der Waals surface area (Å²) < 4.78 is 12.9. The lowest BCUT2D eigenvalue weighted by molar-refractivity contribution is 0.103. The van der Waals surface area contributed by atoms with Crippen molar-refractivity contribution in [1.82, 2.24) is 0 Å². The number of halogens is 3. The molecule has 0 spiro atoms. The molecule has 2 rings (SSSR count). The third-order valence-corrected chi connectivity index (χ3v) is 4.98. The smallest absolute Gasteiger partial charge is 0.195 e. The maximum atomic E-state index is 12.8. The zero-order chi connectivity index (χ0) is 15.6. The summed E-state index contributed by atoms with van der Waals surface area (Å²) in [6, 6.07) is 9.03. The highest BCUT2D eigenvalue weighted by Crippen LogP contribution is 2.35. The lowest BCUT2D eigenvalue weighted by Gasteiger charge is -2.12. The topological polar surface area (TPSA) is 35.5 Å². The van der Waals surface area contributed by atoms with E-state index in [2.05, 4.69) is 54.5 Å². The summed E-state index contributed by atoms with van der Waals surface area (Å²) in [5, 5.41) is 0. The van der Waals surface area contributed by atoms with Crippen LogP contribution in [0.3, 0.4) is 0 Å². The number of methoxy groups -OCH3 is 2. The van der Waals surface area contributed by atoms with Gasteiger partial charge < -0.3 is 9.47 Å². The van der Waals surface area contributed by atoms with Crippen molar-refractivity contribution >= 4 is 60.2 Å². The van der Waals surface area contributed by atoms with Gasteiger partial charge in [-0.25, -0.2) is 0 Å². The van der Waals surface area contributed by atoms with Crippen LogP contribution in [0.5, 0.6) is 11.5 Å². The molecule has 110 valence electrons. The Balaban J connectivity index is 2.55. The largest absolute Gasteiger partial charge is 0.493 e. The van der Waals surface area contributed by atoms with Crippen LogP contribution in [-0.2, 0) is 0 Å². The van der Waals surface area contributed by atoms with Crippen LogP contribution in [0.2, 0.25) is 0 Å². The van der Waals surface area contributed by atoms with Gasteiger partial charge in [-0.05, 0) is 68.9 Å². The lowest BCUT2D eigenvalue weighted by atomic mass is 10.0. The minimum Gasteiger partial charge on any atom is -0.493 e. The molecule has 0 saturated carbocycles. The summed E-state index contributed by atoms with van der Waals surface area (Å²) in [5.41, 5.74) is 1.17. The number of rotatable bonds is 4. The standard InChI is InChI=1S/C15H11Br2IO3/c1-20-13-6-9(11(17)7-14(13)21-2)15(19)10-5-8(16)3-4-12(10)18/h3-7H,1-2H3. The Morgan fingerprint density at radius 1 is 1.00 bits per heavy atom. The van der Waals surface area contributed by atoms with E-state index in [-0.39, 0.29) is 5.78 Å². The average molecular weight is 526 g/mol. The molecule has 0 aliphatic carbocycles. The molecule has 0 fully saturated rings. The first kappa shape index (κ1) is 16.8. The monoisotopic (exact) mass is 524 g/mol. The van der Waals surface area contributed by atoms with Crippen molar-refractivity contribution in [2.24, 2.45) is 0 Å². The minimum atomic E-state index is -0.0754. The van der Waals surface area contributed by atoms with Gasteiger partial charge >= 0.3 is 0 Å². The van der Waals surface area contributed by atoms with Crippen molar-refractivity contribution in [3.05, 3.63) is 54.0 Å². The summed E-state index contributed by atoms with van der Waals surface area (Å²) in [5.74, 6) is 1.02. The second-order valence-corrected chi connectivity index (χ2v) is 7.07. The SMILES string of the molecule is COc1cc(Br)c(C(=O)c2cc(Br)ccc2I)cc1OC. The predicted octanol–water partition coefficient (Wildman–Crippen LogP) is 5.06. The molecule has 6 heteroatoms. The van der Waals surface area contributed by atoms with Crippen LogP contribution in [0.15, 0.2) is 39.3 Å². The first-order chi connectivity index (χ1) is 9.97. The molecule has 0 unspecified atom stereocenters. The molecule has 21 heavy (non-hydrogen) atoms.